The normalized spacial score (nSPS) is 21.5. The summed E-state index contributed by atoms with van der Waals surface area (Å²) in [6.07, 6.45) is 7.25. The van der Waals surface area contributed by atoms with Gasteiger partial charge in [-0.05, 0) is 55.2 Å². The van der Waals surface area contributed by atoms with E-state index in [9.17, 15) is 9.90 Å². The lowest BCUT2D eigenvalue weighted by molar-refractivity contribution is -0.561. The average molecular weight is 495 g/mol. The highest BCUT2D eigenvalue weighted by atomic mass is 16.5. The summed E-state index contributed by atoms with van der Waals surface area (Å²) in [5.41, 5.74) is 6.76. The molecule has 2 N–H and O–H groups in total. The van der Waals surface area contributed by atoms with Gasteiger partial charge in [-0.3, -0.25) is 5.32 Å². The highest BCUT2D eigenvalue weighted by Crippen LogP contribution is 2.44. The molecule has 3 aromatic rings. The van der Waals surface area contributed by atoms with Crippen LogP contribution < -0.4 is 14.6 Å². The van der Waals surface area contributed by atoms with Gasteiger partial charge in [0, 0.05) is 30.2 Å². The third-order valence-electron chi connectivity index (χ3n) is 8.38. The molecule has 6 heteroatoms. The summed E-state index contributed by atoms with van der Waals surface area (Å²) in [4.78, 5) is 19.2. The minimum Gasteiger partial charge on any atom is -0.511 e. The summed E-state index contributed by atoms with van der Waals surface area (Å²) in [6, 6.07) is 16.0. The molecule has 1 aliphatic heterocycles. The van der Waals surface area contributed by atoms with Gasteiger partial charge in [0.25, 0.3) is 0 Å². The molecule has 188 valence electrons. The molecule has 0 spiro atoms. The van der Waals surface area contributed by atoms with E-state index in [1.165, 1.54) is 5.56 Å². The summed E-state index contributed by atoms with van der Waals surface area (Å²) in [5, 5.41) is 14.1. The lowest BCUT2D eigenvalue weighted by Gasteiger charge is -2.27. The van der Waals surface area contributed by atoms with Crippen LogP contribution in [0.4, 0.5) is 5.82 Å². The molecule has 2 atom stereocenters. The summed E-state index contributed by atoms with van der Waals surface area (Å²) in [7, 11) is 1.68. The summed E-state index contributed by atoms with van der Waals surface area (Å²) >= 11 is 0. The molecular weight excluding hydrogens is 462 g/mol. The molecule has 0 saturated carbocycles. The summed E-state index contributed by atoms with van der Waals surface area (Å²) in [5.74, 6) is 2.05. The SMILES string of the molecule is CCC1(C)C(O)=CC=C1CC1Nc2c(Cc3ccccc3)nc3c([n+]2C1=O)CCc1cc(OC)ccc1-3. The summed E-state index contributed by atoms with van der Waals surface area (Å²) < 4.78 is 7.35. The first kappa shape index (κ1) is 23.5. The molecule has 6 rings (SSSR count). The molecule has 0 bridgehead atoms. The number of anilines is 1. The number of benzene rings is 2. The first-order valence-electron chi connectivity index (χ1n) is 13.0. The first-order valence-corrected chi connectivity index (χ1v) is 13.0. The average Bonchev–Trinajstić information content (AvgIpc) is 3.40. The molecule has 2 heterocycles. The van der Waals surface area contributed by atoms with Gasteiger partial charge in [0.05, 0.1) is 7.11 Å². The number of fused-ring (bicyclic) bond motifs is 5. The van der Waals surface area contributed by atoms with Crippen LogP contribution in [0.2, 0.25) is 0 Å². The predicted octanol–water partition coefficient (Wildman–Crippen LogP) is 5.36. The van der Waals surface area contributed by atoms with Gasteiger partial charge in [-0.25, -0.2) is 9.78 Å². The number of hydrogen-bond acceptors (Lipinski definition) is 5. The van der Waals surface area contributed by atoms with Crippen molar-refractivity contribution in [2.24, 2.45) is 5.41 Å². The van der Waals surface area contributed by atoms with Crippen molar-refractivity contribution in [1.82, 2.24) is 4.98 Å². The Morgan fingerprint density at radius 3 is 2.73 bits per heavy atom. The Hall–Kier alpha value is -3.93. The van der Waals surface area contributed by atoms with Crippen molar-refractivity contribution in [2.45, 2.75) is 52.0 Å². The molecule has 0 fully saturated rings. The Morgan fingerprint density at radius 1 is 1.16 bits per heavy atom. The van der Waals surface area contributed by atoms with Crippen molar-refractivity contribution in [3.8, 4) is 17.0 Å². The number of nitrogens with zero attached hydrogens (tertiary/aromatic N) is 2. The minimum absolute atomic E-state index is 0.0469. The molecule has 0 saturated heterocycles. The molecule has 2 unspecified atom stereocenters. The molecule has 0 radical (unpaired) electrons. The van der Waals surface area contributed by atoms with E-state index in [1.807, 2.05) is 41.8 Å². The third-order valence-corrected chi connectivity index (χ3v) is 8.38. The highest BCUT2D eigenvalue weighted by Gasteiger charge is 2.47. The van der Waals surface area contributed by atoms with Gasteiger partial charge in [-0.2, -0.15) is 4.57 Å². The van der Waals surface area contributed by atoms with Gasteiger partial charge < -0.3 is 9.84 Å². The highest BCUT2D eigenvalue weighted by molar-refractivity contribution is 5.84. The molecule has 0 amide bonds. The van der Waals surface area contributed by atoms with Crippen molar-refractivity contribution < 1.29 is 19.2 Å². The largest absolute Gasteiger partial charge is 0.511 e. The van der Waals surface area contributed by atoms with Gasteiger partial charge in [0.1, 0.15) is 28.6 Å². The fourth-order valence-electron chi connectivity index (χ4n) is 5.91. The lowest BCUT2D eigenvalue weighted by Crippen LogP contribution is -2.48. The second-order valence-corrected chi connectivity index (χ2v) is 10.4. The Bertz CT molecular complexity index is 1470. The van der Waals surface area contributed by atoms with E-state index in [0.717, 1.165) is 64.6 Å². The fourth-order valence-corrected chi connectivity index (χ4v) is 5.91. The number of carbonyl (C=O) groups is 1. The summed E-state index contributed by atoms with van der Waals surface area (Å²) in [6.45, 7) is 4.12. The van der Waals surface area contributed by atoms with Crippen LogP contribution in [-0.2, 0) is 19.3 Å². The lowest BCUT2D eigenvalue weighted by atomic mass is 9.78. The minimum atomic E-state index is -0.427. The number of hydrogen-bond donors (Lipinski definition) is 2. The van der Waals surface area contributed by atoms with E-state index >= 15 is 0 Å². The Kier molecular flexibility index (Phi) is 5.63. The Morgan fingerprint density at radius 2 is 1.97 bits per heavy atom. The van der Waals surface area contributed by atoms with Crippen molar-refractivity contribution in [2.75, 3.05) is 12.4 Å². The number of methoxy groups -OCH3 is 1. The number of nitrogens with one attached hydrogen (secondary N) is 1. The third kappa shape index (κ3) is 3.74. The van der Waals surface area contributed by atoms with E-state index in [2.05, 4.69) is 36.5 Å². The standard InChI is InChI=1S/C31H31N3O3/c1-4-31(2)21(11-15-27(31)35)18-25-30(36)34-26-14-10-20-17-22(37-3)12-13-23(20)28(26)32-24(29(34)33-25)16-19-8-6-5-7-9-19/h5-9,11-13,15,17,25,35H,4,10,14,16,18H2,1-3H3/p+1. The Balaban J connectivity index is 1.44. The zero-order chi connectivity index (χ0) is 25.7. The maximum absolute atomic E-state index is 14.0. The van der Waals surface area contributed by atoms with Gasteiger partial charge in [-0.15, -0.1) is 0 Å². The van der Waals surface area contributed by atoms with Crippen LogP contribution in [0, 0.1) is 5.41 Å². The maximum Gasteiger partial charge on any atom is 0.359 e. The first-order chi connectivity index (χ1) is 17.9. The van der Waals surface area contributed by atoms with E-state index in [-0.39, 0.29) is 5.91 Å². The number of aryl methyl sites for hydroxylation is 1. The van der Waals surface area contributed by atoms with E-state index < -0.39 is 11.5 Å². The molecule has 1 aromatic heterocycles. The van der Waals surface area contributed by atoms with Crippen molar-refractivity contribution in [3.63, 3.8) is 0 Å². The van der Waals surface area contributed by atoms with Crippen LogP contribution in [0.25, 0.3) is 11.3 Å². The molecular formula is C31H32N3O3+. The van der Waals surface area contributed by atoms with Gasteiger partial charge in [0.2, 0.25) is 0 Å². The number of aliphatic hydroxyl groups excluding tert-OH is 1. The van der Waals surface area contributed by atoms with Gasteiger partial charge >= 0.3 is 11.7 Å². The number of allylic oxidation sites excluding steroid dienone is 3. The molecule has 2 aliphatic carbocycles. The predicted molar refractivity (Wildman–Crippen MR) is 143 cm³/mol. The van der Waals surface area contributed by atoms with Crippen molar-refractivity contribution >= 4 is 11.7 Å². The van der Waals surface area contributed by atoms with Crippen LogP contribution in [0.15, 0.2) is 72.0 Å². The molecule has 2 aromatic carbocycles. The number of rotatable bonds is 6. The van der Waals surface area contributed by atoms with Crippen LogP contribution in [0.5, 0.6) is 5.75 Å². The van der Waals surface area contributed by atoms with Crippen molar-refractivity contribution in [1.29, 1.82) is 0 Å². The number of aliphatic hydroxyl groups is 1. The van der Waals surface area contributed by atoms with E-state index in [0.29, 0.717) is 18.6 Å². The second-order valence-electron chi connectivity index (χ2n) is 10.4. The molecule has 3 aliphatic rings. The topological polar surface area (TPSA) is 75.3 Å². The fraction of sp³-hybridized carbons (Fsp3) is 0.323. The van der Waals surface area contributed by atoms with Crippen LogP contribution in [0.3, 0.4) is 0 Å². The zero-order valence-corrected chi connectivity index (χ0v) is 21.5. The maximum atomic E-state index is 14.0. The number of ether oxygens (including phenoxy) is 1. The van der Waals surface area contributed by atoms with E-state index in [1.54, 1.807) is 13.2 Å². The van der Waals surface area contributed by atoms with Gasteiger partial charge in [0.15, 0.2) is 6.04 Å². The van der Waals surface area contributed by atoms with Crippen molar-refractivity contribution in [3.05, 3.63) is 94.5 Å². The van der Waals surface area contributed by atoms with Crippen LogP contribution >= 0.6 is 0 Å². The quantitative estimate of drug-likeness (QED) is 0.452. The monoisotopic (exact) mass is 494 g/mol. The number of carbonyl (C=O) groups excluding carboxylic acids is 1. The molecule has 6 nitrogen and oxygen atoms in total. The van der Waals surface area contributed by atoms with Gasteiger partial charge in [-0.1, -0.05) is 48.9 Å². The Labute approximate surface area is 217 Å². The van der Waals surface area contributed by atoms with E-state index in [4.69, 9.17) is 9.72 Å². The zero-order valence-electron chi connectivity index (χ0n) is 21.5. The smallest absolute Gasteiger partial charge is 0.359 e. The molecule has 37 heavy (non-hydrogen) atoms. The number of aromatic nitrogens is 2. The van der Waals surface area contributed by atoms with Crippen LogP contribution in [-0.4, -0.2) is 29.1 Å². The second kappa shape index (κ2) is 8.87. The van der Waals surface area contributed by atoms with Crippen LogP contribution in [0.1, 0.15) is 54.0 Å².